The lowest BCUT2D eigenvalue weighted by Gasteiger charge is -2.07. The van der Waals surface area contributed by atoms with E-state index < -0.39 is 6.03 Å². The van der Waals surface area contributed by atoms with Crippen LogP contribution in [0, 0.1) is 0 Å². The molecule has 2 amide bonds. The zero-order valence-electron chi connectivity index (χ0n) is 15.9. The first-order valence-corrected chi connectivity index (χ1v) is 9.82. The predicted octanol–water partition coefficient (Wildman–Crippen LogP) is 5.11. The van der Waals surface area contributed by atoms with Gasteiger partial charge < -0.3 is 14.5 Å². The number of benzene rings is 3. The number of carbonyl (C=O) groups excluding carboxylic acids is 2. The molecule has 0 radical (unpaired) electrons. The lowest BCUT2D eigenvalue weighted by atomic mass is 10.2. The number of hydrogen-bond acceptors (Lipinski definition) is 6. The average molecular weight is 419 g/mol. The number of para-hydroxylation sites is 2. The maximum Gasteiger partial charge on any atom is 0.329 e. The molecule has 4 aromatic rings. The number of ether oxygens (including phenoxy) is 1. The number of fused-ring (bicyclic) bond motifs is 1. The molecule has 0 aliphatic rings. The molecule has 4 rings (SSSR count). The molecule has 30 heavy (non-hydrogen) atoms. The van der Waals surface area contributed by atoms with Gasteiger partial charge in [-0.3, -0.25) is 9.52 Å². The molecule has 2 N–H and O–H groups in total. The van der Waals surface area contributed by atoms with Crippen molar-refractivity contribution in [1.29, 1.82) is 0 Å². The van der Waals surface area contributed by atoms with E-state index >= 15 is 0 Å². The number of oxazole rings is 1. The van der Waals surface area contributed by atoms with Crippen LogP contribution in [0.25, 0.3) is 22.6 Å². The molecular formula is C22H17N3O4S. The number of anilines is 1. The normalized spacial score (nSPS) is 10.6. The molecule has 7 nitrogen and oxygen atoms in total. The Hall–Kier alpha value is -3.78. The van der Waals surface area contributed by atoms with Crippen LogP contribution in [0.4, 0.5) is 10.5 Å². The summed E-state index contributed by atoms with van der Waals surface area (Å²) in [4.78, 5) is 28.7. The lowest BCUT2D eigenvalue weighted by Crippen LogP contribution is -2.24. The van der Waals surface area contributed by atoms with Gasteiger partial charge in [0.1, 0.15) is 11.3 Å². The number of hydrogen-bond donors (Lipinski definition) is 2. The largest absolute Gasteiger partial charge is 0.497 e. The second-order valence-electron chi connectivity index (χ2n) is 6.24. The zero-order valence-corrected chi connectivity index (χ0v) is 16.7. The second-order valence-corrected chi connectivity index (χ2v) is 7.02. The summed E-state index contributed by atoms with van der Waals surface area (Å²) >= 11 is 0.706. The van der Waals surface area contributed by atoms with Gasteiger partial charge in [-0.05, 0) is 60.7 Å². The Morgan fingerprint density at radius 1 is 0.967 bits per heavy atom. The predicted molar refractivity (Wildman–Crippen MR) is 117 cm³/mol. The standard InChI is InChI=1S/C22H17N3O4S/c1-28-17-12-8-15(9-13-17)21(26)30-25-22(27)23-16-10-6-14(7-11-16)20-24-18-4-2-3-5-19(18)29-20/h2-13H,1H3,(H2,23,25,27). The number of rotatable bonds is 4. The minimum Gasteiger partial charge on any atom is -0.497 e. The highest BCUT2D eigenvalue weighted by Crippen LogP contribution is 2.25. The molecule has 0 saturated carbocycles. The summed E-state index contributed by atoms with van der Waals surface area (Å²) in [5, 5.41) is 2.40. The topological polar surface area (TPSA) is 93.5 Å². The van der Waals surface area contributed by atoms with Crippen molar-refractivity contribution >= 4 is 39.9 Å². The Labute approximate surface area is 176 Å². The van der Waals surface area contributed by atoms with Crippen LogP contribution >= 0.6 is 11.9 Å². The van der Waals surface area contributed by atoms with Crippen LogP contribution in [0.1, 0.15) is 10.4 Å². The van der Waals surface area contributed by atoms with Crippen molar-refractivity contribution in [3.8, 4) is 17.2 Å². The fourth-order valence-electron chi connectivity index (χ4n) is 2.73. The van der Waals surface area contributed by atoms with Gasteiger partial charge >= 0.3 is 6.03 Å². The van der Waals surface area contributed by atoms with E-state index in [1.165, 1.54) is 0 Å². The van der Waals surface area contributed by atoms with E-state index in [0.717, 1.165) is 11.1 Å². The molecule has 150 valence electrons. The van der Waals surface area contributed by atoms with Crippen LogP contribution in [0.2, 0.25) is 0 Å². The van der Waals surface area contributed by atoms with Crippen LogP contribution in [-0.4, -0.2) is 23.2 Å². The van der Waals surface area contributed by atoms with Crippen LogP contribution < -0.4 is 14.8 Å². The van der Waals surface area contributed by atoms with E-state index in [1.807, 2.05) is 24.3 Å². The van der Waals surface area contributed by atoms with Crippen molar-refractivity contribution in [1.82, 2.24) is 9.71 Å². The van der Waals surface area contributed by atoms with Crippen LogP contribution in [-0.2, 0) is 0 Å². The number of urea groups is 1. The van der Waals surface area contributed by atoms with Gasteiger partial charge in [0.15, 0.2) is 5.58 Å². The number of methoxy groups -OCH3 is 1. The average Bonchev–Trinajstić information content (AvgIpc) is 3.22. The lowest BCUT2D eigenvalue weighted by molar-refractivity contribution is 0.108. The van der Waals surface area contributed by atoms with Crippen molar-refractivity contribution in [2.24, 2.45) is 0 Å². The van der Waals surface area contributed by atoms with Gasteiger partial charge in [-0.2, -0.15) is 0 Å². The summed E-state index contributed by atoms with van der Waals surface area (Å²) in [6, 6.07) is 20.8. The molecule has 1 aromatic heterocycles. The van der Waals surface area contributed by atoms with Gasteiger partial charge in [0.25, 0.3) is 0 Å². The Bertz CT molecular complexity index is 1150. The number of nitrogens with zero attached hydrogens (tertiary/aromatic N) is 1. The molecule has 8 heteroatoms. The summed E-state index contributed by atoms with van der Waals surface area (Å²) in [5.41, 5.74) is 3.33. The van der Waals surface area contributed by atoms with E-state index in [2.05, 4.69) is 15.0 Å². The quantitative estimate of drug-likeness (QED) is 0.446. The third kappa shape index (κ3) is 4.44. The van der Waals surface area contributed by atoms with E-state index in [-0.39, 0.29) is 5.12 Å². The number of nitrogens with one attached hydrogen (secondary N) is 2. The molecule has 0 bridgehead atoms. The fourth-order valence-corrected chi connectivity index (χ4v) is 3.22. The first-order chi connectivity index (χ1) is 14.6. The Morgan fingerprint density at radius 3 is 2.40 bits per heavy atom. The van der Waals surface area contributed by atoms with Gasteiger partial charge in [-0.25, -0.2) is 9.78 Å². The first kappa shape index (κ1) is 19.5. The third-order valence-corrected chi connectivity index (χ3v) is 4.95. The van der Waals surface area contributed by atoms with Crippen LogP contribution in [0.5, 0.6) is 5.75 Å². The fraction of sp³-hybridized carbons (Fsp3) is 0.0455. The highest BCUT2D eigenvalue weighted by Gasteiger charge is 2.11. The van der Waals surface area contributed by atoms with Crippen molar-refractivity contribution in [2.75, 3.05) is 12.4 Å². The highest BCUT2D eigenvalue weighted by molar-refractivity contribution is 8.12. The Balaban J connectivity index is 1.33. The summed E-state index contributed by atoms with van der Waals surface area (Å²) in [6.07, 6.45) is 0. The SMILES string of the molecule is COc1ccc(C(=O)SNC(=O)Nc2ccc(-c3nc4ccccc4o3)cc2)cc1. The molecule has 0 aliphatic carbocycles. The van der Waals surface area contributed by atoms with Gasteiger partial charge in [0, 0.05) is 28.8 Å². The Kier molecular flexibility index (Phi) is 5.67. The zero-order chi connectivity index (χ0) is 20.9. The van der Waals surface area contributed by atoms with Crippen LogP contribution in [0.3, 0.4) is 0 Å². The molecule has 1 heterocycles. The number of amides is 2. The molecule has 0 fully saturated rings. The minimum atomic E-state index is -0.503. The minimum absolute atomic E-state index is 0.279. The molecule has 0 aliphatic heterocycles. The van der Waals surface area contributed by atoms with Crippen molar-refractivity contribution in [3.63, 3.8) is 0 Å². The van der Waals surface area contributed by atoms with Gasteiger partial charge in [-0.15, -0.1) is 0 Å². The summed E-state index contributed by atoms with van der Waals surface area (Å²) in [5.74, 6) is 1.16. The maximum atomic E-state index is 12.1. The molecule has 0 unspecified atom stereocenters. The van der Waals surface area contributed by atoms with Gasteiger partial charge in [0.2, 0.25) is 11.0 Å². The van der Waals surface area contributed by atoms with Gasteiger partial charge in [0.05, 0.1) is 7.11 Å². The smallest absolute Gasteiger partial charge is 0.329 e. The van der Waals surface area contributed by atoms with Crippen molar-refractivity contribution in [2.45, 2.75) is 0 Å². The molecule has 0 spiro atoms. The monoisotopic (exact) mass is 419 g/mol. The van der Waals surface area contributed by atoms with Gasteiger partial charge in [-0.1, -0.05) is 12.1 Å². The van der Waals surface area contributed by atoms with Crippen molar-refractivity contribution < 1.29 is 18.7 Å². The number of carbonyl (C=O) groups is 2. The second kappa shape index (κ2) is 8.71. The molecular weight excluding hydrogens is 402 g/mol. The van der Waals surface area contributed by atoms with E-state index in [4.69, 9.17) is 9.15 Å². The summed E-state index contributed by atoms with van der Waals surface area (Å²) in [7, 11) is 1.55. The maximum absolute atomic E-state index is 12.1. The van der Waals surface area contributed by atoms with E-state index in [1.54, 1.807) is 55.6 Å². The van der Waals surface area contributed by atoms with Crippen molar-refractivity contribution in [3.05, 3.63) is 78.4 Å². The Morgan fingerprint density at radius 2 is 1.70 bits per heavy atom. The third-order valence-electron chi connectivity index (χ3n) is 4.25. The van der Waals surface area contributed by atoms with E-state index in [9.17, 15) is 9.59 Å². The first-order valence-electron chi connectivity index (χ1n) is 9.00. The van der Waals surface area contributed by atoms with E-state index in [0.29, 0.717) is 40.4 Å². The summed E-state index contributed by atoms with van der Waals surface area (Å²) < 4.78 is 13.3. The molecule has 0 saturated heterocycles. The highest BCUT2D eigenvalue weighted by atomic mass is 32.2. The van der Waals surface area contributed by atoms with Crippen LogP contribution in [0.15, 0.2) is 77.2 Å². The number of aromatic nitrogens is 1. The molecule has 3 aromatic carbocycles. The molecule has 0 atom stereocenters. The summed E-state index contributed by atoms with van der Waals surface area (Å²) in [6.45, 7) is 0.